The van der Waals surface area contributed by atoms with Gasteiger partial charge in [0.1, 0.15) is 5.75 Å². The van der Waals surface area contributed by atoms with Crippen molar-refractivity contribution < 1.29 is 14.1 Å². The van der Waals surface area contributed by atoms with Crippen LogP contribution in [0.15, 0.2) is 47.2 Å². The van der Waals surface area contributed by atoms with Crippen molar-refractivity contribution in [2.24, 2.45) is 5.92 Å². The first kappa shape index (κ1) is 18.9. The van der Waals surface area contributed by atoms with Crippen molar-refractivity contribution in [1.82, 2.24) is 25.4 Å². The van der Waals surface area contributed by atoms with Crippen molar-refractivity contribution in [3.8, 4) is 17.1 Å². The van der Waals surface area contributed by atoms with Gasteiger partial charge in [0, 0.05) is 31.0 Å². The van der Waals surface area contributed by atoms with Gasteiger partial charge in [-0.25, -0.2) is 9.97 Å². The fourth-order valence-corrected chi connectivity index (χ4v) is 3.32. The number of hydrogen-bond acceptors (Lipinski definition) is 8. The van der Waals surface area contributed by atoms with Crippen LogP contribution < -0.4 is 15.0 Å². The second kappa shape index (κ2) is 8.68. The van der Waals surface area contributed by atoms with Crippen molar-refractivity contribution in [3.63, 3.8) is 0 Å². The predicted octanol–water partition coefficient (Wildman–Crippen LogP) is 2.07. The van der Waals surface area contributed by atoms with Crippen LogP contribution in [0.1, 0.15) is 18.7 Å². The first-order valence-corrected chi connectivity index (χ1v) is 9.49. The molecule has 1 aliphatic heterocycles. The zero-order valence-electron chi connectivity index (χ0n) is 16.1. The van der Waals surface area contributed by atoms with Crippen molar-refractivity contribution >= 4 is 11.9 Å². The largest absolute Gasteiger partial charge is 0.497 e. The van der Waals surface area contributed by atoms with Crippen LogP contribution in [0.5, 0.6) is 5.75 Å². The molecule has 150 valence electrons. The van der Waals surface area contributed by atoms with E-state index in [-0.39, 0.29) is 18.4 Å². The zero-order chi connectivity index (χ0) is 20.1. The highest BCUT2D eigenvalue weighted by Gasteiger charge is 2.27. The molecule has 29 heavy (non-hydrogen) atoms. The molecule has 1 amide bonds. The maximum absolute atomic E-state index is 12.6. The number of benzene rings is 1. The average molecular weight is 394 g/mol. The van der Waals surface area contributed by atoms with Gasteiger partial charge in [-0.2, -0.15) is 4.98 Å². The van der Waals surface area contributed by atoms with Gasteiger partial charge in [0.25, 0.3) is 0 Å². The van der Waals surface area contributed by atoms with Crippen LogP contribution in [0.3, 0.4) is 0 Å². The Bertz CT molecular complexity index is 944. The summed E-state index contributed by atoms with van der Waals surface area (Å²) in [5, 5.41) is 6.88. The van der Waals surface area contributed by atoms with Gasteiger partial charge in [0.2, 0.25) is 23.6 Å². The van der Waals surface area contributed by atoms with Crippen molar-refractivity contribution in [2.75, 3.05) is 25.1 Å². The van der Waals surface area contributed by atoms with Gasteiger partial charge >= 0.3 is 0 Å². The van der Waals surface area contributed by atoms with Crippen molar-refractivity contribution in [3.05, 3.63) is 48.6 Å². The Balaban J connectivity index is 1.33. The lowest BCUT2D eigenvalue weighted by Crippen LogP contribution is -2.43. The van der Waals surface area contributed by atoms with E-state index in [1.807, 2.05) is 29.2 Å². The van der Waals surface area contributed by atoms with Crippen LogP contribution in [0.25, 0.3) is 11.4 Å². The smallest absolute Gasteiger partial charge is 0.246 e. The zero-order valence-corrected chi connectivity index (χ0v) is 16.1. The number of anilines is 1. The molecule has 1 N–H and O–H groups in total. The Labute approximate surface area is 168 Å². The molecule has 1 fully saturated rings. The van der Waals surface area contributed by atoms with E-state index in [1.54, 1.807) is 25.6 Å². The lowest BCUT2D eigenvalue weighted by molar-refractivity contribution is -0.125. The second-order valence-corrected chi connectivity index (χ2v) is 6.79. The normalized spacial score (nSPS) is 16.4. The van der Waals surface area contributed by atoms with Crippen LogP contribution in [-0.2, 0) is 11.3 Å². The van der Waals surface area contributed by atoms with E-state index in [1.165, 1.54) is 0 Å². The van der Waals surface area contributed by atoms with Gasteiger partial charge < -0.3 is 19.5 Å². The number of aromatic nitrogens is 4. The number of nitrogens with one attached hydrogen (secondary N) is 1. The average Bonchev–Trinajstić information content (AvgIpc) is 3.27. The molecular weight excluding hydrogens is 372 g/mol. The number of hydrogen-bond donors (Lipinski definition) is 1. The Morgan fingerprint density at radius 2 is 2.07 bits per heavy atom. The summed E-state index contributed by atoms with van der Waals surface area (Å²) in [5.41, 5.74) is 0.818. The van der Waals surface area contributed by atoms with Crippen molar-refractivity contribution in [1.29, 1.82) is 0 Å². The van der Waals surface area contributed by atoms with Gasteiger partial charge in [-0.1, -0.05) is 5.16 Å². The number of methoxy groups -OCH3 is 1. The van der Waals surface area contributed by atoms with E-state index in [2.05, 4.69) is 25.4 Å². The van der Waals surface area contributed by atoms with Gasteiger partial charge in [-0.15, -0.1) is 0 Å². The van der Waals surface area contributed by atoms with Crippen LogP contribution in [0, 0.1) is 5.92 Å². The highest BCUT2D eigenvalue weighted by Crippen LogP contribution is 2.21. The molecule has 0 aliphatic carbocycles. The molecule has 1 aliphatic rings. The van der Waals surface area contributed by atoms with Gasteiger partial charge in [0.15, 0.2) is 0 Å². The number of rotatable bonds is 6. The van der Waals surface area contributed by atoms with Gasteiger partial charge in [-0.3, -0.25) is 4.79 Å². The fraction of sp³-hybridized carbons (Fsp3) is 0.350. The molecule has 0 bridgehead atoms. The summed E-state index contributed by atoms with van der Waals surface area (Å²) in [6.45, 7) is 1.64. The van der Waals surface area contributed by atoms with Crippen molar-refractivity contribution in [2.45, 2.75) is 19.4 Å². The molecule has 3 aromatic rings. The topological polar surface area (TPSA) is 106 Å². The Kier molecular flexibility index (Phi) is 5.64. The molecule has 9 nitrogen and oxygen atoms in total. The summed E-state index contributed by atoms with van der Waals surface area (Å²) in [7, 11) is 1.61. The highest BCUT2D eigenvalue weighted by molar-refractivity contribution is 5.79. The van der Waals surface area contributed by atoms with E-state index in [4.69, 9.17) is 9.26 Å². The number of carbonyl (C=O) groups is 1. The Morgan fingerprint density at radius 1 is 1.28 bits per heavy atom. The third-order valence-electron chi connectivity index (χ3n) is 4.86. The molecule has 1 saturated heterocycles. The highest BCUT2D eigenvalue weighted by atomic mass is 16.5. The molecule has 0 radical (unpaired) electrons. The summed E-state index contributed by atoms with van der Waals surface area (Å²) in [6, 6.07) is 9.15. The Hall–Kier alpha value is -3.49. The molecule has 0 unspecified atom stereocenters. The quantitative estimate of drug-likeness (QED) is 0.677. The van der Waals surface area contributed by atoms with Gasteiger partial charge in [-0.05, 0) is 43.2 Å². The molecule has 0 saturated carbocycles. The molecule has 3 heterocycles. The number of amides is 1. The fourth-order valence-electron chi connectivity index (χ4n) is 3.32. The van der Waals surface area contributed by atoms with Crippen LogP contribution in [-0.4, -0.2) is 46.2 Å². The van der Waals surface area contributed by atoms with Crippen LogP contribution in [0.4, 0.5) is 5.95 Å². The minimum Gasteiger partial charge on any atom is -0.497 e. The molecule has 9 heteroatoms. The van der Waals surface area contributed by atoms with Crippen LogP contribution in [0.2, 0.25) is 0 Å². The minimum atomic E-state index is -0.128. The Morgan fingerprint density at radius 3 is 2.83 bits per heavy atom. The summed E-state index contributed by atoms with van der Waals surface area (Å²) in [4.78, 5) is 27.6. The number of piperidine rings is 1. The lowest BCUT2D eigenvalue weighted by atomic mass is 9.97. The standard InChI is InChI=1S/C20H22N6O3/c1-28-16-7-5-14(6-8-16)18-24-17(29-25-18)12-23-19(27)15-4-2-11-26(13-15)20-21-9-3-10-22-20/h3,5-10,15H,2,4,11-13H2,1H3,(H,23,27)/t15-/m0/s1. The monoisotopic (exact) mass is 394 g/mol. The van der Waals surface area contributed by atoms with E-state index in [0.717, 1.165) is 30.7 Å². The summed E-state index contributed by atoms with van der Waals surface area (Å²) in [6.07, 6.45) is 5.17. The van der Waals surface area contributed by atoms with E-state index in [0.29, 0.717) is 24.2 Å². The first-order valence-electron chi connectivity index (χ1n) is 9.49. The molecule has 4 rings (SSSR count). The summed E-state index contributed by atoms with van der Waals surface area (Å²) < 4.78 is 10.4. The number of ether oxygens (including phenoxy) is 1. The maximum atomic E-state index is 12.6. The minimum absolute atomic E-state index is 0.0326. The summed E-state index contributed by atoms with van der Waals surface area (Å²) >= 11 is 0. The second-order valence-electron chi connectivity index (χ2n) is 6.79. The summed E-state index contributed by atoms with van der Waals surface area (Å²) in [5.74, 6) is 2.09. The molecular formula is C20H22N6O3. The predicted molar refractivity (Wildman–Crippen MR) is 105 cm³/mol. The van der Waals surface area contributed by atoms with Gasteiger partial charge in [0.05, 0.1) is 19.6 Å². The lowest BCUT2D eigenvalue weighted by Gasteiger charge is -2.31. The molecule has 1 atom stereocenters. The number of carbonyl (C=O) groups excluding carboxylic acids is 1. The first-order chi connectivity index (χ1) is 14.2. The van der Waals surface area contributed by atoms with Crippen LogP contribution >= 0.6 is 0 Å². The molecule has 2 aromatic heterocycles. The SMILES string of the molecule is COc1ccc(-c2noc(CNC(=O)[C@H]3CCCN(c4ncccn4)C3)n2)cc1. The van der Waals surface area contributed by atoms with E-state index >= 15 is 0 Å². The number of nitrogens with zero attached hydrogens (tertiary/aromatic N) is 5. The van der Waals surface area contributed by atoms with E-state index in [9.17, 15) is 4.79 Å². The maximum Gasteiger partial charge on any atom is 0.246 e. The van der Waals surface area contributed by atoms with E-state index < -0.39 is 0 Å². The third kappa shape index (κ3) is 4.50. The molecule has 0 spiro atoms. The third-order valence-corrected chi connectivity index (χ3v) is 4.86. The molecule has 1 aromatic carbocycles.